The molecule has 4 heteroatoms. The molecule has 0 unspecified atom stereocenters. The van der Waals surface area contributed by atoms with E-state index in [1.165, 1.54) is 6.20 Å². The van der Waals surface area contributed by atoms with Gasteiger partial charge in [-0.1, -0.05) is 0 Å². The minimum Gasteiger partial charge on any atom is -0.388 e. The summed E-state index contributed by atoms with van der Waals surface area (Å²) in [5.74, 6) is -0.590. The lowest BCUT2D eigenvalue weighted by Gasteiger charge is -2.03. The van der Waals surface area contributed by atoms with Gasteiger partial charge in [0.1, 0.15) is 0 Å². The zero-order valence-corrected chi connectivity index (χ0v) is 6.72. The number of hydrogen-bond acceptors (Lipinski definition) is 3. The normalized spacial score (nSPS) is 11.4. The number of hydrogen-bond donors (Lipinski definition) is 3. The van der Waals surface area contributed by atoms with Crippen LogP contribution in [-0.2, 0) is 4.79 Å². The summed E-state index contributed by atoms with van der Waals surface area (Å²) in [4.78, 5) is 10.5. The quantitative estimate of drug-likeness (QED) is 0.395. The fourth-order valence-electron chi connectivity index (χ4n) is 0.440. The highest BCUT2D eigenvalue weighted by molar-refractivity contribution is 6.10. The molecule has 0 aromatic rings. The van der Waals surface area contributed by atoms with Gasteiger partial charge in [0.2, 0.25) is 0 Å². The third-order valence-corrected chi connectivity index (χ3v) is 1.01. The number of carbonyl (C=O) groups is 1. The van der Waals surface area contributed by atoms with Crippen LogP contribution in [0.2, 0.25) is 0 Å². The van der Waals surface area contributed by atoms with Crippen LogP contribution in [-0.4, -0.2) is 18.2 Å². The van der Waals surface area contributed by atoms with E-state index in [0.29, 0.717) is 0 Å². The van der Waals surface area contributed by atoms with E-state index in [9.17, 15) is 4.79 Å². The lowest BCUT2D eigenvalue weighted by Crippen LogP contribution is -2.21. The molecular weight excluding hydrogens is 142 g/mol. The molecule has 0 fully saturated rings. The van der Waals surface area contributed by atoms with Crippen LogP contribution in [0.5, 0.6) is 0 Å². The first-order chi connectivity index (χ1) is 5.07. The smallest absolute Gasteiger partial charge is 0.251 e. The maximum atomic E-state index is 10.5. The van der Waals surface area contributed by atoms with Crippen molar-refractivity contribution in [3.05, 3.63) is 11.8 Å². The van der Waals surface area contributed by atoms with Gasteiger partial charge in [0, 0.05) is 18.5 Å². The molecule has 62 valence electrons. The van der Waals surface area contributed by atoms with Gasteiger partial charge in [0.05, 0.1) is 5.57 Å². The van der Waals surface area contributed by atoms with Crippen molar-refractivity contribution in [3.8, 4) is 0 Å². The number of nitrogens with one attached hydrogen (secondary N) is 2. The van der Waals surface area contributed by atoms with Gasteiger partial charge in [-0.2, -0.15) is 0 Å². The summed E-state index contributed by atoms with van der Waals surface area (Å²) >= 11 is 0. The van der Waals surface area contributed by atoms with Crippen LogP contribution in [0.15, 0.2) is 11.8 Å². The fraction of sp³-hybridized carbons (Fsp3) is 0.429. The molecule has 0 aliphatic carbocycles. The highest BCUT2D eigenvalue weighted by atomic mass is 16.1. The molecule has 0 rings (SSSR count). The minimum atomic E-state index is -0.590. The molecular formula is C7H13N3O. The molecule has 4 nitrogen and oxygen atoms in total. The van der Waals surface area contributed by atoms with Crippen LogP contribution in [0.25, 0.3) is 0 Å². The molecule has 0 atom stereocenters. The lowest BCUT2D eigenvalue weighted by atomic mass is 10.3. The first kappa shape index (κ1) is 9.68. The Labute approximate surface area is 66.0 Å². The molecule has 0 saturated carbocycles. The van der Waals surface area contributed by atoms with Crippen LogP contribution in [0.4, 0.5) is 0 Å². The van der Waals surface area contributed by atoms with Crippen molar-refractivity contribution in [3.63, 3.8) is 0 Å². The van der Waals surface area contributed by atoms with E-state index in [1.54, 1.807) is 0 Å². The predicted octanol–water partition coefficient (Wildman–Crippen LogP) is 0.00317. The van der Waals surface area contributed by atoms with E-state index < -0.39 is 5.91 Å². The molecule has 0 heterocycles. The van der Waals surface area contributed by atoms with Crippen molar-refractivity contribution in [2.45, 2.75) is 19.9 Å². The molecule has 0 spiro atoms. The van der Waals surface area contributed by atoms with E-state index in [4.69, 9.17) is 11.1 Å². The number of nitrogens with two attached hydrogens (primary N) is 1. The van der Waals surface area contributed by atoms with Gasteiger partial charge >= 0.3 is 0 Å². The van der Waals surface area contributed by atoms with Gasteiger partial charge in [-0.25, -0.2) is 0 Å². The summed E-state index contributed by atoms with van der Waals surface area (Å²) in [6.45, 7) is 3.86. The SMILES string of the molecule is CC(C)N/C=C(\C=N)C(N)=O. The van der Waals surface area contributed by atoms with Gasteiger partial charge in [-0.3, -0.25) is 4.79 Å². The summed E-state index contributed by atoms with van der Waals surface area (Å²) in [5.41, 5.74) is 5.11. The average Bonchev–Trinajstić information content (AvgIpc) is 1.87. The number of carbonyl (C=O) groups excluding carboxylic acids is 1. The number of rotatable bonds is 4. The average molecular weight is 155 g/mol. The van der Waals surface area contributed by atoms with Gasteiger partial charge in [0.25, 0.3) is 5.91 Å². The standard InChI is InChI=1S/C7H13N3O/c1-5(2)10-4-6(3-8)7(9)11/h3-5,8,10H,1-2H3,(H2,9,11)/b6-4+,8-3?. The van der Waals surface area contributed by atoms with Gasteiger partial charge in [0.15, 0.2) is 0 Å². The summed E-state index contributed by atoms with van der Waals surface area (Å²) in [6, 6.07) is 0.240. The third kappa shape index (κ3) is 4.13. The molecule has 0 radical (unpaired) electrons. The van der Waals surface area contributed by atoms with Crippen LogP contribution in [0.3, 0.4) is 0 Å². The largest absolute Gasteiger partial charge is 0.388 e. The second kappa shape index (κ2) is 4.49. The molecule has 0 aromatic carbocycles. The Morgan fingerprint density at radius 2 is 2.18 bits per heavy atom. The van der Waals surface area contributed by atoms with Gasteiger partial charge in [-0.05, 0) is 13.8 Å². The maximum Gasteiger partial charge on any atom is 0.251 e. The van der Waals surface area contributed by atoms with Crippen molar-refractivity contribution in [1.29, 1.82) is 5.41 Å². The van der Waals surface area contributed by atoms with Crippen molar-refractivity contribution in [1.82, 2.24) is 5.32 Å². The molecule has 0 aliphatic rings. The highest BCUT2D eigenvalue weighted by Crippen LogP contribution is 1.86. The molecule has 1 amide bonds. The van der Waals surface area contributed by atoms with Crippen molar-refractivity contribution in [2.75, 3.05) is 0 Å². The van der Waals surface area contributed by atoms with Crippen LogP contribution >= 0.6 is 0 Å². The summed E-state index contributed by atoms with van der Waals surface area (Å²) in [6.07, 6.45) is 2.37. The highest BCUT2D eigenvalue weighted by Gasteiger charge is 1.99. The van der Waals surface area contributed by atoms with Crippen LogP contribution in [0.1, 0.15) is 13.8 Å². The molecule has 0 aliphatic heterocycles. The second-order valence-corrected chi connectivity index (χ2v) is 2.43. The van der Waals surface area contributed by atoms with Gasteiger partial charge in [-0.15, -0.1) is 0 Å². The van der Waals surface area contributed by atoms with Crippen molar-refractivity contribution >= 4 is 12.1 Å². The lowest BCUT2D eigenvalue weighted by molar-refractivity contribution is -0.114. The van der Waals surface area contributed by atoms with E-state index in [1.807, 2.05) is 13.8 Å². The first-order valence-electron chi connectivity index (χ1n) is 3.34. The Bertz CT molecular complexity index is 184. The Kier molecular flexibility index (Phi) is 3.95. The maximum absolute atomic E-state index is 10.5. The topological polar surface area (TPSA) is 79.0 Å². The Balaban J connectivity index is 4.13. The Hall–Kier alpha value is -1.32. The predicted molar refractivity (Wildman–Crippen MR) is 44.3 cm³/mol. The molecule has 0 saturated heterocycles. The molecule has 0 aromatic heterocycles. The molecule has 0 bridgehead atoms. The van der Waals surface area contributed by atoms with Crippen molar-refractivity contribution in [2.24, 2.45) is 5.73 Å². The number of amides is 1. The molecule has 11 heavy (non-hydrogen) atoms. The monoisotopic (exact) mass is 155 g/mol. The summed E-state index contributed by atoms with van der Waals surface area (Å²) in [7, 11) is 0. The van der Waals surface area contributed by atoms with Crippen molar-refractivity contribution < 1.29 is 4.79 Å². The third-order valence-electron chi connectivity index (χ3n) is 1.01. The first-order valence-corrected chi connectivity index (χ1v) is 3.34. The summed E-state index contributed by atoms with van der Waals surface area (Å²) < 4.78 is 0. The van der Waals surface area contributed by atoms with E-state index in [-0.39, 0.29) is 11.6 Å². The van der Waals surface area contributed by atoms with E-state index in [0.717, 1.165) is 6.21 Å². The second-order valence-electron chi connectivity index (χ2n) is 2.43. The Morgan fingerprint density at radius 3 is 2.45 bits per heavy atom. The zero-order chi connectivity index (χ0) is 8.85. The van der Waals surface area contributed by atoms with Gasteiger partial charge < -0.3 is 16.5 Å². The van der Waals surface area contributed by atoms with Crippen LogP contribution in [0, 0.1) is 5.41 Å². The molecule has 4 N–H and O–H groups in total. The van der Waals surface area contributed by atoms with E-state index in [2.05, 4.69) is 5.32 Å². The Morgan fingerprint density at radius 1 is 1.64 bits per heavy atom. The minimum absolute atomic E-state index is 0.179. The van der Waals surface area contributed by atoms with E-state index >= 15 is 0 Å². The zero-order valence-electron chi connectivity index (χ0n) is 6.72. The summed E-state index contributed by atoms with van der Waals surface area (Å²) in [5, 5.41) is 9.66. The number of primary amides is 1. The van der Waals surface area contributed by atoms with Crippen LogP contribution < -0.4 is 11.1 Å². The fourth-order valence-corrected chi connectivity index (χ4v) is 0.440.